The van der Waals surface area contributed by atoms with Gasteiger partial charge < -0.3 is 10.6 Å². The Labute approximate surface area is 119 Å². The molecule has 0 radical (unpaired) electrons. The molecular formula is C15H21ClN2O. The van der Waals surface area contributed by atoms with Crippen LogP contribution >= 0.6 is 11.6 Å². The van der Waals surface area contributed by atoms with Crippen LogP contribution in [0.15, 0.2) is 24.3 Å². The van der Waals surface area contributed by atoms with E-state index >= 15 is 0 Å². The molecule has 3 nitrogen and oxygen atoms in total. The second kappa shape index (κ2) is 6.40. The molecule has 2 atom stereocenters. The van der Waals surface area contributed by atoms with Crippen molar-refractivity contribution in [3.63, 3.8) is 0 Å². The maximum absolute atomic E-state index is 12.1. The van der Waals surface area contributed by atoms with Crippen molar-refractivity contribution < 1.29 is 4.79 Å². The standard InChI is InChI=1S/C15H21ClN2O/c1-10(6-12-4-3-5-14(16)7-12)18-15(19)11(2)13-8-17-9-13/h3-5,7,10-11,13,17H,6,8-9H2,1-2H3,(H,18,19). The van der Waals surface area contributed by atoms with Crippen molar-refractivity contribution in [1.29, 1.82) is 0 Å². The van der Waals surface area contributed by atoms with Gasteiger partial charge in [0.05, 0.1) is 0 Å². The van der Waals surface area contributed by atoms with Crippen LogP contribution in [0.25, 0.3) is 0 Å². The maximum Gasteiger partial charge on any atom is 0.223 e. The fourth-order valence-electron chi connectivity index (χ4n) is 2.32. The Kier molecular flexibility index (Phi) is 4.83. The summed E-state index contributed by atoms with van der Waals surface area (Å²) in [5.41, 5.74) is 1.15. The lowest BCUT2D eigenvalue weighted by Gasteiger charge is -2.32. The first-order chi connectivity index (χ1) is 9.06. The zero-order valence-corrected chi connectivity index (χ0v) is 12.2. The summed E-state index contributed by atoms with van der Waals surface area (Å²) in [6.07, 6.45) is 0.807. The first kappa shape index (κ1) is 14.4. The minimum atomic E-state index is 0.0862. The molecule has 1 saturated heterocycles. The number of nitrogens with one attached hydrogen (secondary N) is 2. The molecule has 1 heterocycles. The van der Waals surface area contributed by atoms with Gasteiger partial charge in [-0.1, -0.05) is 30.7 Å². The third kappa shape index (κ3) is 3.95. The number of carbonyl (C=O) groups excluding carboxylic acids is 1. The lowest BCUT2D eigenvalue weighted by atomic mass is 9.88. The van der Waals surface area contributed by atoms with Gasteiger partial charge in [0.1, 0.15) is 0 Å². The molecule has 2 unspecified atom stereocenters. The summed E-state index contributed by atoms with van der Waals surface area (Å²) in [5.74, 6) is 0.724. The van der Waals surface area contributed by atoms with Crippen LogP contribution in [0, 0.1) is 11.8 Å². The molecule has 0 bridgehead atoms. The summed E-state index contributed by atoms with van der Waals surface area (Å²) in [6, 6.07) is 7.91. The summed E-state index contributed by atoms with van der Waals surface area (Å²) in [6.45, 7) is 5.95. The third-order valence-corrected chi connectivity index (χ3v) is 3.99. The van der Waals surface area contributed by atoms with Crippen LogP contribution in [0.2, 0.25) is 5.02 Å². The first-order valence-electron chi connectivity index (χ1n) is 6.82. The zero-order valence-electron chi connectivity index (χ0n) is 11.4. The quantitative estimate of drug-likeness (QED) is 0.869. The van der Waals surface area contributed by atoms with E-state index in [1.54, 1.807) is 0 Å². The second-order valence-corrected chi connectivity index (χ2v) is 5.89. The van der Waals surface area contributed by atoms with Crippen LogP contribution in [0.1, 0.15) is 19.4 Å². The predicted molar refractivity (Wildman–Crippen MR) is 78.3 cm³/mol. The van der Waals surface area contributed by atoms with Gasteiger partial charge in [0.25, 0.3) is 0 Å². The molecule has 2 rings (SSSR count). The number of amides is 1. The van der Waals surface area contributed by atoms with Gasteiger partial charge in [-0.3, -0.25) is 4.79 Å². The van der Waals surface area contributed by atoms with Crippen molar-refractivity contribution in [3.8, 4) is 0 Å². The molecule has 104 valence electrons. The molecule has 0 spiro atoms. The van der Waals surface area contributed by atoms with E-state index in [1.165, 1.54) is 0 Å². The summed E-state index contributed by atoms with van der Waals surface area (Å²) >= 11 is 5.96. The van der Waals surface area contributed by atoms with Crippen LogP contribution in [-0.2, 0) is 11.2 Å². The molecule has 1 fully saturated rings. The summed E-state index contributed by atoms with van der Waals surface area (Å²) in [5, 5.41) is 7.03. The molecule has 19 heavy (non-hydrogen) atoms. The first-order valence-corrected chi connectivity index (χ1v) is 7.19. The minimum Gasteiger partial charge on any atom is -0.353 e. The molecule has 0 saturated carbocycles. The Balaban J connectivity index is 1.83. The van der Waals surface area contributed by atoms with Crippen molar-refractivity contribution in [2.24, 2.45) is 11.8 Å². The van der Waals surface area contributed by atoms with Gasteiger partial charge in [-0.2, -0.15) is 0 Å². The van der Waals surface area contributed by atoms with E-state index in [4.69, 9.17) is 11.6 Å². The molecule has 1 amide bonds. The van der Waals surface area contributed by atoms with Gasteiger partial charge in [-0.15, -0.1) is 0 Å². The van der Waals surface area contributed by atoms with Crippen molar-refractivity contribution in [2.45, 2.75) is 26.3 Å². The van der Waals surface area contributed by atoms with E-state index < -0.39 is 0 Å². The van der Waals surface area contributed by atoms with Gasteiger partial charge in [0, 0.05) is 17.0 Å². The number of hydrogen-bond donors (Lipinski definition) is 2. The van der Waals surface area contributed by atoms with Gasteiger partial charge in [0.15, 0.2) is 0 Å². The number of halogens is 1. The molecule has 1 aromatic carbocycles. The summed E-state index contributed by atoms with van der Waals surface area (Å²) in [4.78, 5) is 12.1. The number of benzene rings is 1. The molecule has 0 aromatic heterocycles. The zero-order chi connectivity index (χ0) is 13.8. The molecule has 2 N–H and O–H groups in total. The van der Waals surface area contributed by atoms with Crippen LogP contribution in [0.4, 0.5) is 0 Å². The number of rotatable bonds is 5. The van der Waals surface area contributed by atoms with Crippen molar-refractivity contribution in [1.82, 2.24) is 10.6 Å². The van der Waals surface area contributed by atoms with E-state index in [1.807, 2.05) is 38.1 Å². The van der Waals surface area contributed by atoms with Gasteiger partial charge in [0.2, 0.25) is 5.91 Å². The molecule has 1 aliphatic heterocycles. The molecule has 1 aromatic rings. The number of carbonyl (C=O) groups is 1. The maximum atomic E-state index is 12.1. The highest BCUT2D eigenvalue weighted by atomic mass is 35.5. The highest BCUT2D eigenvalue weighted by Gasteiger charge is 2.29. The highest BCUT2D eigenvalue weighted by Crippen LogP contribution is 2.17. The molecule has 4 heteroatoms. The van der Waals surface area contributed by atoms with Gasteiger partial charge in [-0.05, 0) is 50.0 Å². The Morgan fingerprint density at radius 2 is 2.21 bits per heavy atom. The second-order valence-electron chi connectivity index (χ2n) is 5.45. The predicted octanol–water partition coefficient (Wildman–Crippen LogP) is 2.24. The SMILES string of the molecule is CC(Cc1cccc(Cl)c1)NC(=O)C(C)C1CNC1. The van der Waals surface area contributed by atoms with Crippen LogP contribution in [0.3, 0.4) is 0 Å². The monoisotopic (exact) mass is 280 g/mol. The molecular weight excluding hydrogens is 260 g/mol. The topological polar surface area (TPSA) is 41.1 Å². The van der Waals surface area contributed by atoms with Gasteiger partial charge in [-0.25, -0.2) is 0 Å². The number of hydrogen-bond acceptors (Lipinski definition) is 2. The Morgan fingerprint density at radius 3 is 2.79 bits per heavy atom. The average molecular weight is 281 g/mol. The van der Waals surface area contributed by atoms with Crippen molar-refractivity contribution in [2.75, 3.05) is 13.1 Å². The fraction of sp³-hybridized carbons (Fsp3) is 0.533. The van der Waals surface area contributed by atoms with Crippen LogP contribution in [0.5, 0.6) is 0 Å². The normalized spacial score (nSPS) is 18.5. The lowest BCUT2D eigenvalue weighted by molar-refractivity contribution is -0.127. The minimum absolute atomic E-state index is 0.0862. The van der Waals surface area contributed by atoms with Crippen molar-refractivity contribution >= 4 is 17.5 Å². The van der Waals surface area contributed by atoms with E-state index in [0.29, 0.717) is 5.92 Å². The smallest absolute Gasteiger partial charge is 0.223 e. The fourth-order valence-corrected chi connectivity index (χ4v) is 2.53. The Hall–Kier alpha value is -1.06. The molecule has 1 aliphatic rings. The van der Waals surface area contributed by atoms with E-state index in [9.17, 15) is 4.79 Å². The highest BCUT2D eigenvalue weighted by molar-refractivity contribution is 6.30. The summed E-state index contributed by atoms with van der Waals surface area (Å²) in [7, 11) is 0. The van der Waals surface area contributed by atoms with Crippen molar-refractivity contribution in [3.05, 3.63) is 34.9 Å². The third-order valence-electron chi connectivity index (χ3n) is 3.75. The van der Waals surface area contributed by atoms with Crippen LogP contribution < -0.4 is 10.6 Å². The van der Waals surface area contributed by atoms with Gasteiger partial charge >= 0.3 is 0 Å². The molecule has 0 aliphatic carbocycles. The Morgan fingerprint density at radius 1 is 1.47 bits per heavy atom. The van der Waals surface area contributed by atoms with E-state index in [0.717, 1.165) is 30.1 Å². The van der Waals surface area contributed by atoms with E-state index in [2.05, 4.69) is 10.6 Å². The lowest BCUT2D eigenvalue weighted by Crippen LogP contribution is -2.50. The Bertz CT molecular complexity index is 446. The average Bonchev–Trinajstić information content (AvgIpc) is 2.26. The summed E-state index contributed by atoms with van der Waals surface area (Å²) < 4.78 is 0. The van der Waals surface area contributed by atoms with E-state index in [-0.39, 0.29) is 17.9 Å². The largest absolute Gasteiger partial charge is 0.353 e. The van der Waals surface area contributed by atoms with Crippen LogP contribution in [-0.4, -0.2) is 25.0 Å².